The first-order chi connectivity index (χ1) is 12.1. The van der Waals surface area contributed by atoms with Crippen molar-refractivity contribution >= 4 is 17.8 Å². The van der Waals surface area contributed by atoms with Gasteiger partial charge in [0.05, 0.1) is 12.1 Å². The van der Waals surface area contributed by atoms with Gasteiger partial charge in [0, 0.05) is 12.8 Å². The number of aryl methyl sites for hydroxylation is 1. The highest BCUT2D eigenvalue weighted by Crippen LogP contribution is 2.18. The molecule has 3 rings (SSSR count). The maximum atomic E-state index is 12.2. The molecule has 25 heavy (non-hydrogen) atoms. The lowest BCUT2D eigenvalue weighted by Gasteiger charge is -2.13. The number of hydrogen-bond donors (Lipinski definition) is 0. The van der Waals surface area contributed by atoms with E-state index in [1.165, 1.54) is 10.5 Å². The highest BCUT2D eigenvalue weighted by Gasteiger charge is 2.28. The van der Waals surface area contributed by atoms with Gasteiger partial charge in [0.25, 0.3) is 0 Å². The SMILES string of the molecule is CCc1ccc(OC(=O)c2ccc(CN3C(=O)CCC3=O)cc2)cc1. The molecule has 0 radical (unpaired) electrons. The summed E-state index contributed by atoms with van der Waals surface area (Å²) in [5, 5.41) is 0. The smallest absolute Gasteiger partial charge is 0.343 e. The fourth-order valence-corrected chi connectivity index (χ4v) is 2.69. The van der Waals surface area contributed by atoms with Gasteiger partial charge in [0.2, 0.25) is 11.8 Å². The molecule has 2 amide bonds. The Morgan fingerprint density at radius 2 is 1.48 bits per heavy atom. The molecule has 0 saturated carbocycles. The average molecular weight is 337 g/mol. The molecule has 1 aliphatic heterocycles. The number of carbonyl (C=O) groups is 3. The van der Waals surface area contributed by atoms with E-state index < -0.39 is 5.97 Å². The number of amides is 2. The summed E-state index contributed by atoms with van der Waals surface area (Å²) < 4.78 is 5.35. The molecule has 0 aliphatic carbocycles. The largest absolute Gasteiger partial charge is 0.423 e. The van der Waals surface area contributed by atoms with Crippen molar-refractivity contribution in [3.05, 3.63) is 65.2 Å². The number of rotatable bonds is 5. The lowest BCUT2D eigenvalue weighted by atomic mass is 10.1. The number of imide groups is 1. The van der Waals surface area contributed by atoms with Gasteiger partial charge in [-0.05, 0) is 41.8 Å². The van der Waals surface area contributed by atoms with Crippen LogP contribution in [0.1, 0.15) is 41.3 Å². The van der Waals surface area contributed by atoms with Crippen LogP contribution in [0.25, 0.3) is 0 Å². The lowest BCUT2D eigenvalue weighted by molar-refractivity contribution is -0.139. The minimum atomic E-state index is -0.441. The van der Waals surface area contributed by atoms with Gasteiger partial charge in [-0.2, -0.15) is 0 Å². The Bertz CT molecular complexity index is 777. The summed E-state index contributed by atoms with van der Waals surface area (Å²) in [6.45, 7) is 2.30. The summed E-state index contributed by atoms with van der Waals surface area (Å²) in [6, 6.07) is 14.1. The van der Waals surface area contributed by atoms with Crippen molar-refractivity contribution in [1.29, 1.82) is 0 Å². The molecule has 0 spiro atoms. The molecule has 2 aromatic rings. The summed E-state index contributed by atoms with van der Waals surface area (Å²) in [5.74, 6) is -0.239. The van der Waals surface area contributed by atoms with E-state index in [-0.39, 0.29) is 31.2 Å². The Labute approximate surface area is 146 Å². The Hall–Kier alpha value is -2.95. The van der Waals surface area contributed by atoms with Gasteiger partial charge in [-0.1, -0.05) is 31.2 Å². The molecule has 0 atom stereocenters. The maximum absolute atomic E-state index is 12.2. The molecule has 1 fully saturated rings. The summed E-state index contributed by atoms with van der Waals surface area (Å²) >= 11 is 0. The van der Waals surface area contributed by atoms with Crippen molar-refractivity contribution in [3.8, 4) is 5.75 Å². The zero-order valence-corrected chi connectivity index (χ0v) is 14.0. The Morgan fingerprint density at radius 3 is 2.04 bits per heavy atom. The van der Waals surface area contributed by atoms with Crippen LogP contribution in [-0.4, -0.2) is 22.7 Å². The molecule has 5 heteroatoms. The monoisotopic (exact) mass is 337 g/mol. The van der Waals surface area contributed by atoms with Gasteiger partial charge >= 0.3 is 5.97 Å². The van der Waals surface area contributed by atoms with Crippen LogP contribution < -0.4 is 4.74 Å². The van der Waals surface area contributed by atoms with E-state index in [0.29, 0.717) is 11.3 Å². The van der Waals surface area contributed by atoms with E-state index >= 15 is 0 Å². The first-order valence-electron chi connectivity index (χ1n) is 8.30. The number of nitrogens with zero attached hydrogens (tertiary/aromatic N) is 1. The normalized spacial score (nSPS) is 14.0. The summed E-state index contributed by atoms with van der Waals surface area (Å²) in [4.78, 5) is 36.7. The molecule has 1 heterocycles. The van der Waals surface area contributed by atoms with Crippen LogP contribution in [0.5, 0.6) is 5.75 Å². The third kappa shape index (κ3) is 3.94. The van der Waals surface area contributed by atoms with E-state index in [9.17, 15) is 14.4 Å². The molecule has 1 saturated heterocycles. The minimum Gasteiger partial charge on any atom is -0.423 e. The molecule has 0 N–H and O–H groups in total. The van der Waals surface area contributed by atoms with Crippen molar-refractivity contribution in [1.82, 2.24) is 4.90 Å². The highest BCUT2D eigenvalue weighted by molar-refractivity contribution is 6.01. The predicted octanol–water partition coefficient (Wildman–Crippen LogP) is 3.12. The van der Waals surface area contributed by atoms with Crippen LogP contribution in [-0.2, 0) is 22.6 Å². The Kier molecular flexibility index (Phi) is 4.93. The second-order valence-corrected chi connectivity index (χ2v) is 5.96. The van der Waals surface area contributed by atoms with Crippen LogP contribution in [0.3, 0.4) is 0 Å². The lowest BCUT2D eigenvalue weighted by Crippen LogP contribution is -2.28. The number of carbonyl (C=O) groups excluding carboxylic acids is 3. The van der Waals surface area contributed by atoms with Crippen LogP contribution >= 0.6 is 0 Å². The van der Waals surface area contributed by atoms with Crippen molar-refractivity contribution in [2.45, 2.75) is 32.7 Å². The summed E-state index contributed by atoms with van der Waals surface area (Å²) in [5.41, 5.74) is 2.39. The van der Waals surface area contributed by atoms with Crippen LogP contribution in [0.4, 0.5) is 0 Å². The second kappa shape index (κ2) is 7.30. The second-order valence-electron chi connectivity index (χ2n) is 5.96. The minimum absolute atomic E-state index is 0.149. The van der Waals surface area contributed by atoms with Crippen molar-refractivity contribution < 1.29 is 19.1 Å². The number of ether oxygens (including phenoxy) is 1. The summed E-state index contributed by atoms with van der Waals surface area (Å²) in [6.07, 6.45) is 1.48. The molecular weight excluding hydrogens is 318 g/mol. The van der Waals surface area contributed by atoms with E-state index in [0.717, 1.165) is 12.0 Å². The molecule has 2 aromatic carbocycles. The van der Waals surface area contributed by atoms with Crippen LogP contribution in [0.15, 0.2) is 48.5 Å². The van der Waals surface area contributed by atoms with Gasteiger partial charge < -0.3 is 4.74 Å². The molecule has 0 bridgehead atoms. The standard InChI is InChI=1S/C20H19NO4/c1-2-14-5-9-17(10-6-14)25-20(24)16-7-3-15(4-8-16)13-21-18(22)11-12-19(21)23/h3-10H,2,11-13H2,1H3. The molecule has 1 aliphatic rings. The number of hydrogen-bond acceptors (Lipinski definition) is 4. The van der Waals surface area contributed by atoms with E-state index in [1.807, 2.05) is 12.1 Å². The number of likely N-dealkylation sites (tertiary alicyclic amines) is 1. The molecular formula is C20H19NO4. The molecule has 5 nitrogen and oxygen atoms in total. The third-order valence-electron chi connectivity index (χ3n) is 4.23. The average Bonchev–Trinajstić information content (AvgIpc) is 2.95. The van der Waals surface area contributed by atoms with Crippen LogP contribution in [0, 0.1) is 0 Å². The zero-order chi connectivity index (χ0) is 17.8. The first-order valence-corrected chi connectivity index (χ1v) is 8.30. The molecule has 128 valence electrons. The van der Waals surface area contributed by atoms with Crippen LogP contribution in [0.2, 0.25) is 0 Å². The van der Waals surface area contributed by atoms with E-state index in [4.69, 9.17) is 4.74 Å². The van der Waals surface area contributed by atoms with Gasteiger partial charge in [-0.25, -0.2) is 4.79 Å². The van der Waals surface area contributed by atoms with Gasteiger partial charge in [0.15, 0.2) is 0 Å². The highest BCUT2D eigenvalue weighted by atomic mass is 16.5. The fraction of sp³-hybridized carbons (Fsp3) is 0.250. The van der Waals surface area contributed by atoms with E-state index in [2.05, 4.69) is 6.92 Å². The van der Waals surface area contributed by atoms with Gasteiger partial charge in [0.1, 0.15) is 5.75 Å². The van der Waals surface area contributed by atoms with Crippen molar-refractivity contribution in [2.24, 2.45) is 0 Å². The Morgan fingerprint density at radius 1 is 0.920 bits per heavy atom. The zero-order valence-electron chi connectivity index (χ0n) is 14.0. The topological polar surface area (TPSA) is 63.7 Å². The van der Waals surface area contributed by atoms with E-state index in [1.54, 1.807) is 36.4 Å². The fourth-order valence-electron chi connectivity index (χ4n) is 2.69. The molecule has 0 unspecified atom stereocenters. The first kappa shape index (κ1) is 16.9. The predicted molar refractivity (Wildman–Crippen MR) is 92.0 cm³/mol. The quantitative estimate of drug-likeness (QED) is 0.478. The maximum Gasteiger partial charge on any atom is 0.343 e. The van der Waals surface area contributed by atoms with Gasteiger partial charge in [-0.15, -0.1) is 0 Å². The van der Waals surface area contributed by atoms with Gasteiger partial charge in [-0.3, -0.25) is 14.5 Å². The van der Waals surface area contributed by atoms with Crippen molar-refractivity contribution in [2.75, 3.05) is 0 Å². The summed E-state index contributed by atoms with van der Waals surface area (Å²) in [7, 11) is 0. The third-order valence-corrected chi connectivity index (χ3v) is 4.23. The van der Waals surface area contributed by atoms with Crippen molar-refractivity contribution in [3.63, 3.8) is 0 Å². The number of benzene rings is 2. The number of esters is 1. The molecule has 0 aromatic heterocycles. The Balaban J connectivity index is 1.63.